The van der Waals surface area contributed by atoms with Gasteiger partial charge in [-0.2, -0.15) is 0 Å². The zero-order valence-corrected chi connectivity index (χ0v) is 11.4. The highest BCUT2D eigenvalue weighted by molar-refractivity contribution is 5.25. The highest BCUT2D eigenvalue weighted by Gasteiger charge is 2.24. The fraction of sp³-hybridized carbons (Fsp3) is 0.600. The lowest BCUT2D eigenvalue weighted by Gasteiger charge is -2.39. The Morgan fingerprint density at radius 1 is 1.33 bits per heavy atom. The minimum Gasteiger partial charge on any atom is -0.508 e. The Hall–Kier alpha value is -1.06. The first kappa shape index (κ1) is 13.4. The number of phenols is 1. The number of benzene rings is 1. The van der Waals surface area contributed by atoms with Crippen molar-refractivity contribution in [1.29, 1.82) is 0 Å². The zero-order chi connectivity index (χ0) is 13.0. The highest BCUT2D eigenvalue weighted by Crippen LogP contribution is 2.17. The summed E-state index contributed by atoms with van der Waals surface area (Å²) in [6, 6.07) is 8.79. The van der Waals surface area contributed by atoms with Crippen molar-refractivity contribution >= 4 is 0 Å². The van der Waals surface area contributed by atoms with Gasteiger partial charge in [-0.3, -0.25) is 4.90 Å². The minimum absolute atomic E-state index is 0.345. The molecule has 0 unspecified atom stereocenters. The molecule has 100 valence electrons. The standard InChI is InChI=1S/C15H24N2O/c1-3-4-14-9-16-12(2)10-17(14)11-13-5-7-15(18)8-6-13/h5-8,12,14,16,18H,3-4,9-11H2,1-2H3/t12-,14+/m0/s1. The molecule has 1 aromatic carbocycles. The van der Waals surface area contributed by atoms with Crippen LogP contribution in [0, 0.1) is 0 Å². The fourth-order valence-electron chi connectivity index (χ4n) is 2.68. The van der Waals surface area contributed by atoms with Crippen molar-refractivity contribution in [2.45, 2.75) is 45.3 Å². The molecule has 0 radical (unpaired) electrons. The van der Waals surface area contributed by atoms with Crippen LogP contribution in [0.3, 0.4) is 0 Å². The Kier molecular flexibility index (Phi) is 4.61. The Balaban J connectivity index is 2.01. The van der Waals surface area contributed by atoms with Crippen molar-refractivity contribution < 1.29 is 5.11 Å². The van der Waals surface area contributed by atoms with Crippen molar-refractivity contribution in [1.82, 2.24) is 10.2 Å². The van der Waals surface area contributed by atoms with Gasteiger partial charge in [-0.1, -0.05) is 25.5 Å². The molecule has 2 atom stereocenters. The number of nitrogens with zero attached hydrogens (tertiary/aromatic N) is 1. The van der Waals surface area contributed by atoms with Crippen LogP contribution in [0.5, 0.6) is 5.75 Å². The highest BCUT2D eigenvalue weighted by atomic mass is 16.3. The number of rotatable bonds is 4. The molecular weight excluding hydrogens is 224 g/mol. The molecule has 1 aliphatic heterocycles. The third kappa shape index (κ3) is 3.47. The quantitative estimate of drug-likeness (QED) is 0.858. The second-order valence-electron chi connectivity index (χ2n) is 5.35. The first-order valence-electron chi connectivity index (χ1n) is 6.94. The Morgan fingerprint density at radius 3 is 2.72 bits per heavy atom. The van der Waals surface area contributed by atoms with Crippen molar-refractivity contribution in [2.24, 2.45) is 0 Å². The molecule has 0 bridgehead atoms. The van der Waals surface area contributed by atoms with Crippen molar-refractivity contribution in [3.8, 4) is 5.75 Å². The van der Waals surface area contributed by atoms with Crippen LogP contribution in [0.2, 0.25) is 0 Å². The first-order valence-corrected chi connectivity index (χ1v) is 6.94. The largest absolute Gasteiger partial charge is 0.508 e. The number of phenolic OH excluding ortho intramolecular Hbond substituents is 1. The van der Waals surface area contributed by atoms with Gasteiger partial charge in [-0.25, -0.2) is 0 Å². The topological polar surface area (TPSA) is 35.5 Å². The van der Waals surface area contributed by atoms with E-state index in [1.807, 2.05) is 12.1 Å². The summed E-state index contributed by atoms with van der Waals surface area (Å²) in [4.78, 5) is 2.57. The predicted molar refractivity (Wildman–Crippen MR) is 74.7 cm³/mol. The van der Waals surface area contributed by atoms with E-state index >= 15 is 0 Å². The summed E-state index contributed by atoms with van der Waals surface area (Å²) < 4.78 is 0. The van der Waals surface area contributed by atoms with Gasteiger partial charge in [-0.05, 0) is 31.0 Å². The number of piperazine rings is 1. The normalized spacial score (nSPS) is 25.2. The predicted octanol–water partition coefficient (Wildman–Crippen LogP) is 2.35. The van der Waals surface area contributed by atoms with Gasteiger partial charge in [0.15, 0.2) is 0 Å². The SMILES string of the molecule is CCC[C@@H]1CN[C@@H](C)CN1Cc1ccc(O)cc1. The molecule has 1 aromatic rings. The van der Waals surface area contributed by atoms with Crippen molar-refractivity contribution in [3.63, 3.8) is 0 Å². The second kappa shape index (κ2) is 6.21. The summed E-state index contributed by atoms with van der Waals surface area (Å²) in [6.45, 7) is 7.67. The molecule has 1 fully saturated rings. The molecule has 18 heavy (non-hydrogen) atoms. The maximum atomic E-state index is 9.32. The van der Waals surface area contributed by atoms with E-state index in [2.05, 4.69) is 24.1 Å². The molecule has 1 saturated heterocycles. The summed E-state index contributed by atoms with van der Waals surface area (Å²) in [5.41, 5.74) is 1.28. The van der Waals surface area contributed by atoms with E-state index in [9.17, 15) is 5.11 Å². The second-order valence-corrected chi connectivity index (χ2v) is 5.35. The van der Waals surface area contributed by atoms with E-state index in [0.29, 0.717) is 17.8 Å². The number of nitrogens with one attached hydrogen (secondary N) is 1. The smallest absolute Gasteiger partial charge is 0.115 e. The third-order valence-electron chi connectivity index (χ3n) is 3.67. The lowest BCUT2D eigenvalue weighted by Crippen LogP contribution is -2.54. The average molecular weight is 248 g/mol. The Bertz CT molecular complexity index is 363. The average Bonchev–Trinajstić information content (AvgIpc) is 2.36. The number of hydrogen-bond acceptors (Lipinski definition) is 3. The molecule has 0 aliphatic carbocycles. The van der Waals surface area contributed by atoms with Crippen molar-refractivity contribution in [3.05, 3.63) is 29.8 Å². The molecule has 1 heterocycles. The van der Waals surface area contributed by atoms with E-state index < -0.39 is 0 Å². The summed E-state index contributed by atoms with van der Waals surface area (Å²) in [5, 5.41) is 12.9. The third-order valence-corrected chi connectivity index (χ3v) is 3.67. The van der Waals surface area contributed by atoms with Gasteiger partial charge in [0.05, 0.1) is 0 Å². The number of aromatic hydroxyl groups is 1. The van der Waals surface area contributed by atoms with Crippen LogP contribution in [0.25, 0.3) is 0 Å². The summed E-state index contributed by atoms with van der Waals surface area (Å²) in [7, 11) is 0. The van der Waals surface area contributed by atoms with Crippen molar-refractivity contribution in [2.75, 3.05) is 13.1 Å². The maximum absolute atomic E-state index is 9.32. The van der Waals surface area contributed by atoms with Crippen LogP contribution in [-0.2, 0) is 6.54 Å². The molecule has 0 aromatic heterocycles. The Labute approximate surface area is 110 Å². The van der Waals surface area contributed by atoms with Crippen LogP contribution in [0.15, 0.2) is 24.3 Å². The molecule has 2 N–H and O–H groups in total. The molecule has 0 amide bonds. The van der Waals surface area contributed by atoms with E-state index in [4.69, 9.17) is 0 Å². The van der Waals surface area contributed by atoms with Gasteiger partial charge in [0, 0.05) is 31.7 Å². The molecule has 0 spiro atoms. The summed E-state index contributed by atoms with van der Waals surface area (Å²) >= 11 is 0. The monoisotopic (exact) mass is 248 g/mol. The van der Waals surface area contributed by atoms with E-state index in [1.165, 1.54) is 18.4 Å². The fourth-order valence-corrected chi connectivity index (χ4v) is 2.68. The van der Waals surface area contributed by atoms with Gasteiger partial charge in [0.2, 0.25) is 0 Å². The van der Waals surface area contributed by atoms with E-state index in [-0.39, 0.29) is 0 Å². The minimum atomic E-state index is 0.345. The van der Waals surface area contributed by atoms with Crippen LogP contribution >= 0.6 is 0 Å². The van der Waals surface area contributed by atoms with Crippen LogP contribution < -0.4 is 5.32 Å². The van der Waals surface area contributed by atoms with E-state index in [0.717, 1.165) is 19.6 Å². The maximum Gasteiger partial charge on any atom is 0.115 e. The first-order chi connectivity index (χ1) is 8.69. The van der Waals surface area contributed by atoms with Gasteiger partial charge >= 0.3 is 0 Å². The van der Waals surface area contributed by atoms with Crippen LogP contribution in [-0.4, -0.2) is 35.2 Å². The van der Waals surface area contributed by atoms with Gasteiger partial charge < -0.3 is 10.4 Å². The molecule has 3 nitrogen and oxygen atoms in total. The zero-order valence-electron chi connectivity index (χ0n) is 11.4. The lowest BCUT2D eigenvalue weighted by molar-refractivity contribution is 0.120. The van der Waals surface area contributed by atoms with Gasteiger partial charge in [-0.15, -0.1) is 0 Å². The molecule has 0 saturated carbocycles. The summed E-state index contributed by atoms with van der Waals surface area (Å²) in [6.07, 6.45) is 2.48. The molecular formula is C15H24N2O. The number of hydrogen-bond donors (Lipinski definition) is 2. The lowest BCUT2D eigenvalue weighted by atomic mass is 10.0. The Morgan fingerprint density at radius 2 is 2.06 bits per heavy atom. The molecule has 2 rings (SSSR count). The molecule has 1 aliphatic rings. The summed E-state index contributed by atoms with van der Waals surface area (Å²) in [5.74, 6) is 0.345. The van der Waals surface area contributed by atoms with E-state index in [1.54, 1.807) is 12.1 Å². The van der Waals surface area contributed by atoms with Gasteiger partial charge in [0.25, 0.3) is 0 Å². The molecule has 3 heteroatoms. The van der Waals surface area contributed by atoms with Crippen LogP contribution in [0.4, 0.5) is 0 Å². The van der Waals surface area contributed by atoms with Crippen LogP contribution in [0.1, 0.15) is 32.3 Å². The van der Waals surface area contributed by atoms with Gasteiger partial charge in [0.1, 0.15) is 5.75 Å².